The van der Waals surface area contributed by atoms with Gasteiger partial charge in [0.1, 0.15) is 0 Å². The molecule has 220 valence electrons. The predicted octanol–water partition coefficient (Wildman–Crippen LogP) is 12.1. The van der Waals surface area contributed by atoms with Crippen molar-refractivity contribution in [2.75, 3.05) is 0 Å². The van der Waals surface area contributed by atoms with Crippen LogP contribution in [0.4, 0.5) is 0 Å². The first kappa shape index (κ1) is 31.7. The standard InChI is InChI=1S/C21H22.C11H8O.C10H16/c1-15-12-19(21(2,3)4)14-18(15)13-17-10-7-9-16-8-5-6-11-20(16)17;12-8-10-6-3-5-9-4-1-2-7-11(9)10;1-8-5-6-9(7-8)10(2,3)4/h5-14H,1-4H3;1-8H;6-7H,5H2,1-4H3/b18-13+;;. The van der Waals surface area contributed by atoms with Crippen LogP contribution in [0.3, 0.4) is 0 Å². The van der Waals surface area contributed by atoms with Crippen molar-refractivity contribution in [3.05, 3.63) is 148 Å². The number of hydrogen-bond acceptors (Lipinski definition) is 1. The van der Waals surface area contributed by atoms with Gasteiger partial charge < -0.3 is 0 Å². The molecule has 1 heteroatoms. The third-order valence-corrected chi connectivity index (χ3v) is 8.00. The van der Waals surface area contributed by atoms with Crippen molar-refractivity contribution in [1.29, 1.82) is 0 Å². The van der Waals surface area contributed by atoms with Crippen LogP contribution >= 0.6 is 0 Å². The molecule has 1 nitrogen and oxygen atoms in total. The Balaban J connectivity index is 0.000000163. The van der Waals surface area contributed by atoms with E-state index in [0.717, 1.165) is 29.0 Å². The maximum atomic E-state index is 10.6. The van der Waals surface area contributed by atoms with Gasteiger partial charge in [-0.3, -0.25) is 4.79 Å². The van der Waals surface area contributed by atoms with Crippen LogP contribution in [0.25, 0.3) is 27.6 Å². The fourth-order valence-electron chi connectivity index (χ4n) is 5.30. The second-order valence-corrected chi connectivity index (χ2v) is 13.6. The third kappa shape index (κ3) is 8.20. The van der Waals surface area contributed by atoms with E-state index in [1.807, 2.05) is 42.5 Å². The number of hydrogen-bond donors (Lipinski definition) is 0. The summed E-state index contributed by atoms with van der Waals surface area (Å²) in [6, 6.07) is 28.7. The first-order valence-corrected chi connectivity index (χ1v) is 15.3. The minimum atomic E-state index is 0.204. The molecule has 0 atom stereocenters. The van der Waals surface area contributed by atoms with Crippen molar-refractivity contribution in [3.63, 3.8) is 0 Å². The maximum absolute atomic E-state index is 10.6. The Bertz CT molecular complexity index is 1760. The van der Waals surface area contributed by atoms with Crippen molar-refractivity contribution < 1.29 is 4.79 Å². The number of aldehydes is 1. The summed E-state index contributed by atoms with van der Waals surface area (Å²) >= 11 is 0. The second-order valence-electron chi connectivity index (χ2n) is 13.6. The lowest BCUT2D eigenvalue weighted by molar-refractivity contribution is 0.112. The van der Waals surface area contributed by atoms with E-state index in [2.05, 4.69) is 128 Å². The van der Waals surface area contributed by atoms with E-state index in [0.29, 0.717) is 5.41 Å². The minimum Gasteiger partial charge on any atom is -0.298 e. The van der Waals surface area contributed by atoms with Gasteiger partial charge in [-0.05, 0) is 86.6 Å². The van der Waals surface area contributed by atoms with Crippen molar-refractivity contribution in [2.45, 2.75) is 61.8 Å². The molecule has 43 heavy (non-hydrogen) atoms. The van der Waals surface area contributed by atoms with Crippen molar-refractivity contribution in [3.8, 4) is 0 Å². The van der Waals surface area contributed by atoms with Gasteiger partial charge in [-0.2, -0.15) is 0 Å². The highest BCUT2D eigenvalue weighted by molar-refractivity contribution is 5.98. The lowest BCUT2D eigenvalue weighted by Gasteiger charge is -2.18. The fraction of sp³-hybridized carbons (Fsp3) is 0.262. The van der Waals surface area contributed by atoms with E-state index in [1.54, 1.807) is 0 Å². The largest absolute Gasteiger partial charge is 0.298 e. The molecule has 4 aromatic rings. The lowest BCUT2D eigenvalue weighted by atomic mass is 9.87. The second kappa shape index (κ2) is 13.4. The van der Waals surface area contributed by atoms with Crippen LogP contribution in [-0.2, 0) is 0 Å². The van der Waals surface area contributed by atoms with Crippen LogP contribution < -0.4 is 0 Å². The van der Waals surface area contributed by atoms with E-state index in [9.17, 15) is 4.79 Å². The first-order chi connectivity index (χ1) is 20.4. The Morgan fingerprint density at radius 3 is 1.56 bits per heavy atom. The third-order valence-electron chi connectivity index (χ3n) is 8.00. The van der Waals surface area contributed by atoms with Gasteiger partial charge in [0.15, 0.2) is 6.29 Å². The van der Waals surface area contributed by atoms with Crippen LogP contribution in [0.1, 0.15) is 77.7 Å². The van der Waals surface area contributed by atoms with Gasteiger partial charge in [-0.25, -0.2) is 0 Å². The number of carbonyl (C=O) groups is 1. The van der Waals surface area contributed by atoms with Gasteiger partial charge in [-0.15, -0.1) is 0 Å². The molecule has 0 heterocycles. The molecular weight excluding hydrogens is 520 g/mol. The molecule has 0 aromatic heterocycles. The summed E-state index contributed by atoms with van der Waals surface area (Å²) < 4.78 is 0. The summed E-state index contributed by atoms with van der Waals surface area (Å²) in [5, 5.41) is 4.75. The molecule has 2 aliphatic rings. The van der Waals surface area contributed by atoms with Gasteiger partial charge >= 0.3 is 0 Å². The average Bonchev–Trinajstić information content (AvgIpc) is 3.59. The fourth-order valence-corrected chi connectivity index (χ4v) is 5.30. The van der Waals surface area contributed by atoms with E-state index in [1.165, 1.54) is 44.2 Å². The van der Waals surface area contributed by atoms with Gasteiger partial charge in [0.25, 0.3) is 0 Å². The molecule has 0 N–H and O–H groups in total. The molecule has 4 aromatic carbocycles. The maximum Gasteiger partial charge on any atom is 0.150 e. The minimum absolute atomic E-state index is 0.204. The predicted molar refractivity (Wildman–Crippen MR) is 188 cm³/mol. The summed E-state index contributed by atoms with van der Waals surface area (Å²) in [4.78, 5) is 10.6. The van der Waals surface area contributed by atoms with E-state index in [4.69, 9.17) is 0 Å². The smallest absolute Gasteiger partial charge is 0.150 e. The Labute approximate surface area is 259 Å². The topological polar surface area (TPSA) is 17.1 Å². The number of allylic oxidation sites excluding steroid dienone is 9. The van der Waals surface area contributed by atoms with E-state index < -0.39 is 0 Å². The van der Waals surface area contributed by atoms with Crippen molar-refractivity contribution in [2.24, 2.45) is 10.8 Å². The molecule has 0 unspecified atom stereocenters. The summed E-state index contributed by atoms with van der Waals surface area (Å²) in [5.41, 5.74) is 9.67. The Hall–Kier alpha value is -4.23. The number of carbonyl (C=O) groups excluding carboxylic acids is 1. The number of benzene rings is 4. The van der Waals surface area contributed by atoms with E-state index >= 15 is 0 Å². The van der Waals surface area contributed by atoms with Crippen LogP contribution in [0, 0.1) is 10.8 Å². The molecule has 0 saturated carbocycles. The first-order valence-electron chi connectivity index (χ1n) is 15.3. The Morgan fingerprint density at radius 1 is 0.581 bits per heavy atom. The van der Waals surface area contributed by atoms with E-state index in [-0.39, 0.29) is 5.41 Å². The lowest BCUT2D eigenvalue weighted by Crippen LogP contribution is -2.05. The molecule has 0 spiro atoms. The zero-order valence-electron chi connectivity index (χ0n) is 27.2. The molecule has 6 rings (SSSR count). The van der Waals surface area contributed by atoms with Crippen LogP contribution in [0.2, 0.25) is 0 Å². The highest BCUT2D eigenvalue weighted by Crippen LogP contribution is 2.36. The van der Waals surface area contributed by atoms with Crippen molar-refractivity contribution >= 4 is 33.9 Å². The molecule has 0 saturated heterocycles. The summed E-state index contributed by atoms with van der Waals surface area (Å²) in [5.74, 6) is 0. The van der Waals surface area contributed by atoms with Crippen LogP contribution in [-0.4, -0.2) is 6.29 Å². The van der Waals surface area contributed by atoms with Crippen molar-refractivity contribution in [1.82, 2.24) is 0 Å². The SMILES string of the molecule is CC1=CC(C(C)(C)C)=C/C1=C\c1cccc2ccccc12.CC1=CC(C(C)(C)C)=CC1.O=Cc1cccc2ccccc12. The molecule has 2 aliphatic carbocycles. The summed E-state index contributed by atoms with van der Waals surface area (Å²) in [6.45, 7) is 18.0. The highest BCUT2D eigenvalue weighted by atomic mass is 16.1. The molecule has 0 radical (unpaired) electrons. The Kier molecular flexibility index (Phi) is 9.87. The molecule has 0 bridgehead atoms. The summed E-state index contributed by atoms with van der Waals surface area (Å²) in [7, 11) is 0. The van der Waals surface area contributed by atoms with Gasteiger partial charge in [0.05, 0.1) is 0 Å². The zero-order valence-corrected chi connectivity index (χ0v) is 27.2. The van der Waals surface area contributed by atoms with Gasteiger partial charge in [0.2, 0.25) is 0 Å². The molecule has 0 amide bonds. The summed E-state index contributed by atoms with van der Waals surface area (Å²) in [6.07, 6.45) is 13.6. The van der Waals surface area contributed by atoms with Crippen LogP contribution in [0.15, 0.2) is 137 Å². The quantitative estimate of drug-likeness (QED) is 0.221. The normalized spacial score (nSPS) is 15.6. The van der Waals surface area contributed by atoms with Gasteiger partial charge in [0, 0.05) is 5.56 Å². The average molecular weight is 567 g/mol. The van der Waals surface area contributed by atoms with Gasteiger partial charge in [-0.1, -0.05) is 156 Å². The number of fused-ring (bicyclic) bond motifs is 2. The zero-order chi connectivity index (χ0) is 31.2. The highest BCUT2D eigenvalue weighted by Gasteiger charge is 2.20. The molecular formula is C42H46O. The van der Waals surface area contributed by atoms with Crippen LogP contribution in [0.5, 0.6) is 0 Å². The molecule has 0 fully saturated rings. The number of rotatable bonds is 2. The molecule has 0 aliphatic heterocycles. The Morgan fingerprint density at radius 2 is 1.09 bits per heavy atom. The monoisotopic (exact) mass is 566 g/mol.